The predicted octanol–water partition coefficient (Wildman–Crippen LogP) is 2.63. The van der Waals surface area contributed by atoms with E-state index in [1.54, 1.807) is 0 Å². The molecule has 0 aromatic heterocycles. The van der Waals surface area contributed by atoms with Crippen LogP contribution in [0.15, 0.2) is 0 Å². The normalized spacial score (nSPS) is 35.4. The van der Waals surface area contributed by atoms with Gasteiger partial charge in [-0.15, -0.1) is 0 Å². The molecule has 1 aliphatic carbocycles. The van der Waals surface area contributed by atoms with E-state index in [1.807, 2.05) is 0 Å². The molecule has 3 heteroatoms. The average Bonchev–Trinajstić information content (AvgIpc) is 2.69. The SMILES string of the molecule is CC(C)N1C2CCC1CN(CC1(O)CCCCC1)CC2. The van der Waals surface area contributed by atoms with Crippen LogP contribution in [0.1, 0.15) is 65.2 Å². The van der Waals surface area contributed by atoms with E-state index in [4.69, 9.17) is 0 Å². The van der Waals surface area contributed by atoms with Crippen LogP contribution in [-0.2, 0) is 0 Å². The van der Waals surface area contributed by atoms with Crippen LogP contribution in [0.3, 0.4) is 0 Å². The van der Waals surface area contributed by atoms with Crippen LogP contribution in [0.4, 0.5) is 0 Å². The predicted molar refractivity (Wildman–Crippen MR) is 82.9 cm³/mol. The second-order valence-corrected chi connectivity index (χ2v) is 7.73. The molecule has 2 bridgehead atoms. The zero-order chi connectivity index (χ0) is 14.2. The van der Waals surface area contributed by atoms with E-state index in [-0.39, 0.29) is 5.60 Å². The fourth-order valence-electron chi connectivity index (χ4n) is 4.95. The molecule has 2 aliphatic heterocycles. The van der Waals surface area contributed by atoms with E-state index < -0.39 is 0 Å². The summed E-state index contributed by atoms with van der Waals surface area (Å²) in [6, 6.07) is 2.20. The van der Waals surface area contributed by atoms with Crippen molar-refractivity contribution in [3.63, 3.8) is 0 Å². The monoisotopic (exact) mass is 280 g/mol. The molecule has 2 saturated heterocycles. The Kier molecular flexibility index (Phi) is 4.40. The lowest BCUT2D eigenvalue weighted by atomic mass is 9.84. The van der Waals surface area contributed by atoms with Gasteiger partial charge in [0, 0.05) is 31.2 Å². The summed E-state index contributed by atoms with van der Waals surface area (Å²) in [4.78, 5) is 5.33. The summed E-state index contributed by atoms with van der Waals surface area (Å²) in [5.74, 6) is 0. The molecule has 1 saturated carbocycles. The average molecular weight is 280 g/mol. The number of hydrogen-bond donors (Lipinski definition) is 1. The first-order chi connectivity index (χ1) is 9.57. The second-order valence-electron chi connectivity index (χ2n) is 7.73. The van der Waals surface area contributed by atoms with Gasteiger partial charge in [0.25, 0.3) is 0 Å². The minimum absolute atomic E-state index is 0.384. The highest BCUT2D eigenvalue weighted by atomic mass is 16.3. The minimum atomic E-state index is -0.384. The third-order valence-corrected chi connectivity index (χ3v) is 5.82. The molecule has 1 N–H and O–H groups in total. The Hall–Kier alpha value is -0.120. The first-order valence-corrected chi connectivity index (χ1v) is 8.80. The molecule has 2 heterocycles. The third kappa shape index (κ3) is 3.05. The van der Waals surface area contributed by atoms with E-state index in [0.717, 1.165) is 31.5 Å². The van der Waals surface area contributed by atoms with Gasteiger partial charge in [-0.1, -0.05) is 19.3 Å². The summed E-state index contributed by atoms with van der Waals surface area (Å²) in [5.41, 5.74) is -0.384. The topological polar surface area (TPSA) is 26.7 Å². The minimum Gasteiger partial charge on any atom is -0.389 e. The van der Waals surface area contributed by atoms with Crippen molar-refractivity contribution in [2.75, 3.05) is 19.6 Å². The van der Waals surface area contributed by atoms with Crippen LogP contribution >= 0.6 is 0 Å². The lowest BCUT2D eigenvalue weighted by Gasteiger charge is -2.38. The van der Waals surface area contributed by atoms with Crippen molar-refractivity contribution < 1.29 is 5.11 Å². The van der Waals surface area contributed by atoms with Gasteiger partial charge in [-0.25, -0.2) is 0 Å². The van der Waals surface area contributed by atoms with Gasteiger partial charge in [-0.05, 0) is 52.5 Å². The number of nitrogens with zero attached hydrogens (tertiary/aromatic N) is 2. The number of β-amino-alcohol motifs (C(OH)–C–C–N with tert-alkyl or cyclic N) is 1. The zero-order valence-electron chi connectivity index (χ0n) is 13.4. The zero-order valence-corrected chi connectivity index (χ0v) is 13.4. The van der Waals surface area contributed by atoms with Crippen molar-refractivity contribution in [1.82, 2.24) is 9.80 Å². The number of aliphatic hydroxyl groups is 1. The van der Waals surface area contributed by atoms with Gasteiger partial charge in [0.1, 0.15) is 0 Å². The van der Waals surface area contributed by atoms with Crippen LogP contribution in [0.5, 0.6) is 0 Å². The third-order valence-electron chi connectivity index (χ3n) is 5.82. The second kappa shape index (κ2) is 5.94. The lowest BCUT2D eigenvalue weighted by Crippen LogP contribution is -2.48. The fraction of sp³-hybridized carbons (Fsp3) is 1.00. The highest BCUT2D eigenvalue weighted by Gasteiger charge is 2.40. The van der Waals surface area contributed by atoms with Gasteiger partial charge < -0.3 is 5.11 Å². The van der Waals surface area contributed by atoms with Gasteiger partial charge in [0.2, 0.25) is 0 Å². The molecule has 3 rings (SSSR count). The summed E-state index contributed by atoms with van der Waals surface area (Å²) in [6.07, 6.45) is 9.83. The molecule has 0 spiro atoms. The van der Waals surface area contributed by atoms with Crippen LogP contribution < -0.4 is 0 Å². The fourth-order valence-corrected chi connectivity index (χ4v) is 4.95. The molecular formula is C17H32N2O. The highest BCUT2D eigenvalue weighted by Crippen LogP contribution is 2.34. The van der Waals surface area contributed by atoms with E-state index in [0.29, 0.717) is 6.04 Å². The van der Waals surface area contributed by atoms with Gasteiger partial charge >= 0.3 is 0 Å². The van der Waals surface area contributed by atoms with Crippen molar-refractivity contribution in [3.8, 4) is 0 Å². The highest BCUT2D eigenvalue weighted by molar-refractivity contribution is 4.96. The van der Waals surface area contributed by atoms with Gasteiger partial charge in [-0.3, -0.25) is 9.80 Å². The number of rotatable bonds is 3. The Morgan fingerprint density at radius 2 is 1.75 bits per heavy atom. The van der Waals surface area contributed by atoms with Crippen LogP contribution in [0.25, 0.3) is 0 Å². The Morgan fingerprint density at radius 1 is 1.05 bits per heavy atom. The summed E-state index contributed by atoms with van der Waals surface area (Å²) in [7, 11) is 0. The molecule has 2 unspecified atom stereocenters. The van der Waals surface area contributed by atoms with Gasteiger partial charge in [-0.2, -0.15) is 0 Å². The number of fused-ring (bicyclic) bond motifs is 2. The summed E-state index contributed by atoms with van der Waals surface area (Å²) in [6.45, 7) is 7.97. The molecule has 0 aromatic rings. The van der Waals surface area contributed by atoms with Crippen molar-refractivity contribution in [3.05, 3.63) is 0 Å². The first kappa shape index (κ1) is 14.8. The van der Waals surface area contributed by atoms with E-state index in [2.05, 4.69) is 23.6 Å². The van der Waals surface area contributed by atoms with Gasteiger partial charge in [0.15, 0.2) is 0 Å². The standard InChI is InChI=1S/C17H32N2O/c1-14(2)19-15-6-7-16(19)12-18(11-8-15)13-17(20)9-4-3-5-10-17/h14-16,20H,3-13H2,1-2H3. The van der Waals surface area contributed by atoms with Gasteiger partial charge in [0.05, 0.1) is 5.60 Å². The summed E-state index contributed by atoms with van der Waals surface area (Å²) >= 11 is 0. The van der Waals surface area contributed by atoms with Crippen molar-refractivity contribution in [2.24, 2.45) is 0 Å². The Labute approximate surface area is 124 Å². The quantitative estimate of drug-likeness (QED) is 0.861. The Bertz CT molecular complexity index is 325. The molecule has 3 nitrogen and oxygen atoms in total. The summed E-state index contributed by atoms with van der Waals surface area (Å²) in [5, 5.41) is 10.8. The molecule has 0 radical (unpaired) electrons. The molecule has 0 aromatic carbocycles. The molecule has 2 atom stereocenters. The smallest absolute Gasteiger partial charge is 0.0774 e. The molecule has 116 valence electrons. The van der Waals surface area contributed by atoms with E-state index >= 15 is 0 Å². The molecule has 0 amide bonds. The molecule has 3 aliphatic rings. The maximum Gasteiger partial charge on any atom is 0.0774 e. The van der Waals surface area contributed by atoms with Crippen molar-refractivity contribution in [1.29, 1.82) is 0 Å². The largest absolute Gasteiger partial charge is 0.389 e. The molecule has 3 fully saturated rings. The van der Waals surface area contributed by atoms with Crippen molar-refractivity contribution in [2.45, 2.75) is 88.9 Å². The Morgan fingerprint density at radius 3 is 2.45 bits per heavy atom. The molecular weight excluding hydrogens is 248 g/mol. The Balaban J connectivity index is 1.62. The van der Waals surface area contributed by atoms with Crippen LogP contribution in [0.2, 0.25) is 0 Å². The maximum absolute atomic E-state index is 10.8. The van der Waals surface area contributed by atoms with Crippen LogP contribution in [0, 0.1) is 0 Å². The van der Waals surface area contributed by atoms with Crippen molar-refractivity contribution >= 4 is 0 Å². The number of hydrogen-bond acceptors (Lipinski definition) is 3. The van der Waals surface area contributed by atoms with Crippen LogP contribution in [-0.4, -0.2) is 58.3 Å². The first-order valence-electron chi connectivity index (χ1n) is 8.80. The van der Waals surface area contributed by atoms with E-state index in [1.165, 1.54) is 51.6 Å². The van der Waals surface area contributed by atoms with E-state index in [9.17, 15) is 5.11 Å². The summed E-state index contributed by atoms with van der Waals surface area (Å²) < 4.78 is 0. The maximum atomic E-state index is 10.8. The lowest BCUT2D eigenvalue weighted by molar-refractivity contribution is -0.0279. The molecule has 20 heavy (non-hydrogen) atoms. The number of likely N-dealkylation sites (tertiary alicyclic amines) is 1.